The molecule has 0 radical (unpaired) electrons. The topological polar surface area (TPSA) is 52.6 Å². The molecule has 0 aromatic heterocycles. The van der Waals surface area contributed by atoms with Gasteiger partial charge in [0.15, 0.2) is 0 Å². The summed E-state index contributed by atoms with van der Waals surface area (Å²) in [5.41, 5.74) is -0.403. The molecule has 0 aromatic carbocycles. The molecule has 1 rings (SSSR count). The molecule has 1 aliphatic rings. The summed E-state index contributed by atoms with van der Waals surface area (Å²) < 4.78 is 27.3. The summed E-state index contributed by atoms with van der Waals surface area (Å²) in [6.45, 7) is 4.86. The van der Waals surface area contributed by atoms with Crippen LogP contribution in [0, 0.1) is 0 Å². The summed E-state index contributed by atoms with van der Waals surface area (Å²) in [6, 6.07) is -0.955. The average Bonchev–Trinajstić information content (AvgIpc) is 2.05. The van der Waals surface area contributed by atoms with E-state index in [-0.39, 0.29) is 13.0 Å². The van der Waals surface area contributed by atoms with Crippen molar-refractivity contribution in [2.45, 2.75) is 44.7 Å². The Balaban J connectivity index is 2.67. The van der Waals surface area contributed by atoms with Gasteiger partial charge in [0.1, 0.15) is 0 Å². The highest BCUT2D eigenvalue weighted by Crippen LogP contribution is 2.28. The zero-order valence-electron chi connectivity index (χ0n) is 9.76. The van der Waals surface area contributed by atoms with Crippen LogP contribution in [0.3, 0.4) is 0 Å². The lowest BCUT2D eigenvalue weighted by molar-refractivity contribution is -0.0891. The summed E-state index contributed by atoms with van der Waals surface area (Å²) in [4.78, 5) is 11.4. The smallest absolute Gasteiger partial charge is 0.407 e. The van der Waals surface area contributed by atoms with Crippen LogP contribution in [0.1, 0.15) is 27.2 Å². The van der Waals surface area contributed by atoms with Crippen LogP contribution < -0.4 is 5.32 Å². The molecule has 1 amide bonds. The highest BCUT2D eigenvalue weighted by molar-refractivity contribution is 5.65. The zero-order chi connectivity index (χ0) is 12.6. The Hall–Kier alpha value is -0.910. The van der Waals surface area contributed by atoms with Gasteiger partial charge in [0, 0.05) is 12.1 Å². The number of halogens is 2. The number of hydrogen-bond donors (Lipinski definition) is 2. The SMILES string of the molecule is CC(C)(C)NC1CCN(C(=O)O)CC1(F)F. The number of carboxylic acid groups (broad SMARTS) is 1. The number of carbonyl (C=O) groups is 1. The Labute approximate surface area is 93.6 Å². The van der Waals surface area contributed by atoms with E-state index < -0.39 is 30.1 Å². The fourth-order valence-corrected chi connectivity index (χ4v) is 1.80. The first-order valence-corrected chi connectivity index (χ1v) is 5.25. The summed E-state index contributed by atoms with van der Waals surface area (Å²) in [6.07, 6.45) is -1.15. The predicted molar refractivity (Wildman–Crippen MR) is 55.8 cm³/mol. The van der Waals surface area contributed by atoms with E-state index in [9.17, 15) is 13.6 Å². The van der Waals surface area contributed by atoms with Gasteiger partial charge in [-0.3, -0.25) is 0 Å². The molecule has 1 atom stereocenters. The van der Waals surface area contributed by atoms with Gasteiger partial charge in [-0.15, -0.1) is 0 Å². The third kappa shape index (κ3) is 3.30. The lowest BCUT2D eigenvalue weighted by Crippen LogP contribution is -2.61. The van der Waals surface area contributed by atoms with Crippen LogP contribution in [0.25, 0.3) is 0 Å². The second-order valence-electron chi connectivity index (χ2n) is 5.20. The molecule has 6 heteroatoms. The summed E-state index contributed by atoms with van der Waals surface area (Å²) in [5, 5.41) is 11.5. The number of nitrogens with one attached hydrogen (secondary N) is 1. The minimum Gasteiger partial charge on any atom is -0.465 e. The van der Waals surface area contributed by atoms with E-state index in [1.54, 1.807) is 0 Å². The fraction of sp³-hybridized carbons (Fsp3) is 0.900. The van der Waals surface area contributed by atoms with Crippen LogP contribution in [0.5, 0.6) is 0 Å². The Bertz CT molecular complexity index is 276. The molecule has 1 aliphatic heterocycles. The molecule has 0 saturated carbocycles. The van der Waals surface area contributed by atoms with E-state index in [4.69, 9.17) is 5.11 Å². The molecule has 0 aliphatic carbocycles. The van der Waals surface area contributed by atoms with Crippen LogP contribution in [0.4, 0.5) is 13.6 Å². The number of piperidine rings is 1. The number of amides is 1. The molecule has 0 aromatic rings. The van der Waals surface area contributed by atoms with Crippen LogP contribution in [-0.2, 0) is 0 Å². The molecule has 2 N–H and O–H groups in total. The van der Waals surface area contributed by atoms with Crippen molar-refractivity contribution in [3.8, 4) is 0 Å². The Kier molecular flexibility index (Phi) is 3.42. The Morgan fingerprint density at radius 2 is 2.06 bits per heavy atom. The van der Waals surface area contributed by atoms with Crippen molar-refractivity contribution in [1.29, 1.82) is 0 Å². The van der Waals surface area contributed by atoms with Gasteiger partial charge in [-0.05, 0) is 27.2 Å². The first-order valence-electron chi connectivity index (χ1n) is 5.25. The Morgan fingerprint density at radius 1 is 1.50 bits per heavy atom. The largest absolute Gasteiger partial charge is 0.465 e. The first kappa shape index (κ1) is 13.2. The van der Waals surface area contributed by atoms with E-state index in [0.717, 1.165) is 4.90 Å². The van der Waals surface area contributed by atoms with Crippen molar-refractivity contribution in [1.82, 2.24) is 10.2 Å². The van der Waals surface area contributed by atoms with Gasteiger partial charge < -0.3 is 15.3 Å². The summed E-state index contributed by atoms with van der Waals surface area (Å²) in [7, 11) is 0. The number of likely N-dealkylation sites (tertiary alicyclic amines) is 1. The van der Waals surface area contributed by atoms with Crippen LogP contribution in [-0.4, -0.2) is 46.7 Å². The van der Waals surface area contributed by atoms with Gasteiger partial charge in [-0.1, -0.05) is 0 Å². The van der Waals surface area contributed by atoms with Crippen LogP contribution in [0.2, 0.25) is 0 Å². The van der Waals surface area contributed by atoms with Gasteiger partial charge in [-0.25, -0.2) is 13.6 Å². The van der Waals surface area contributed by atoms with E-state index in [2.05, 4.69) is 5.32 Å². The molecule has 94 valence electrons. The molecule has 1 heterocycles. The zero-order valence-corrected chi connectivity index (χ0v) is 9.76. The normalized spacial score (nSPS) is 25.6. The summed E-state index contributed by atoms with van der Waals surface area (Å²) >= 11 is 0. The highest BCUT2D eigenvalue weighted by atomic mass is 19.3. The van der Waals surface area contributed by atoms with Crippen molar-refractivity contribution < 1.29 is 18.7 Å². The predicted octanol–water partition coefficient (Wildman–Crippen LogP) is 1.76. The van der Waals surface area contributed by atoms with Crippen LogP contribution in [0.15, 0.2) is 0 Å². The molecular formula is C10H18F2N2O2. The van der Waals surface area contributed by atoms with E-state index in [1.165, 1.54) is 0 Å². The van der Waals surface area contributed by atoms with Crippen molar-refractivity contribution in [2.24, 2.45) is 0 Å². The molecule has 4 nitrogen and oxygen atoms in total. The van der Waals surface area contributed by atoms with Gasteiger partial charge in [0.05, 0.1) is 12.6 Å². The van der Waals surface area contributed by atoms with E-state index >= 15 is 0 Å². The minimum absolute atomic E-state index is 0.135. The second kappa shape index (κ2) is 4.16. The number of alkyl halides is 2. The summed E-state index contributed by atoms with van der Waals surface area (Å²) in [5.74, 6) is -3.01. The molecule has 0 bridgehead atoms. The fourth-order valence-electron chi connectivity index (χ4n) is 1.80. The molecule has 1 saturated heterocycles. The molecule has 1 fully saturated rings. The molecule has 16 heavy (non-hydrogen) atoms. The average molecular weight is 236 g/mol. The quantitative estimate of drug-likeness (QED) is 0.729. The monoisotopic (exact) mass is 236 g/mol. The molecular weight excluding hydrogens is 218 g/mol. The lowest BCUT2D eigenvalue weighted by Gasteiger charge is -2.40. The van der Waals surface area contributed by atoms with Gasteiger partial charge >= 0.3 is 6.09 Å². The van der Waals surface area contributed by atoms with Crippen molar-refractivity contribution >= 4 is 6.09 Å². The molecule has 1 unspecified atom stereocenters. The molecule has 0 spiro atoms. The first-order chi connectivity index (χ1) is 7.12. The van der Waals surface area contributed by atoms with Gasteiger partial charge in [-0.2, -0.15) is 0 Å². The van der Waals surface area contributed by atoms with Crippen molar-refractivity contribution in [3.63, 3.8) is 0 Å². The minimum atomic E-state index is -3.01. The van der Waals surface area contributed by atoms with Gasteiger partial charge in [0.25, 0.3) is 5.92 Å². The standard InChI is InChI=1S/C10H18F2N2O2/c1-9(2,3)13-7-4-5-14(8(15)16)6-10(7,11)12/h7,13H,4-6H2,1-3H3,(H,15,16). The maximum absolute atomic E-state index is 13.6. The second-order valence-corrected chi connectivity index (χ2v) is 5.20. The van der Waals surface area contributed by atoms with E-state index in [0.29, 0.717) is 0 Å². The number of nitrogens with zero attached hydrogens (tertiary/aromatic N) is 1. The van der Waals surface area contributed by atoms with E-state index in [1.807, 2.05) is 20.8 Å². The van der Waals surface area contributed by atoms with Crippen LogP contribution >= 0.6 is 0 Å². The van der Waals surface area contributed by atoms with Gasteiger partial charge in [0.2, 0.25) is 0 Å². The van der Waals surface area contributed by atoms with Crippen molar-refractivity contribution in [2.75, 3.05) is 13.1 Å². The Morgan fingerprint density at radius 3 is 2.44 bits per heavy atom. The number of rotatable bonds is 1. The maximum Gasteiger partial charge on any atom is 0.407 e. The van der Waals surface area contributed by atoms with Crippen molar-refractivity contribution in [3.05, 3.63) is 0 Å². The maximum atomic E-state index is 13.6. The third-order valence-electron chi connectivity index (χ3n) is 2.48. The highest BCUT2D eigenvalue weighted by Gasteiger charge is 2.46. The lowest BCUT2D eigenvalue weighted by atomic mass is 9.97. The third-order valence-corrected chi connectivity index (χ3v) is 2.48. The number of hydrogen-bond acceptors (Lipinski definition) is 2.